The zero-order valence-electron chi connectivity index (χ0n) is 8.84. The van der Waals surface area contributed by atoms with Gasteiger partial charge in [-0.1, -0.05) is 6.07 Å². The molecule has 1 aliphatic rings. The highest BCUT2D eigenvalue weighted by Gasteiger charge is 2.20. The van der Waals surface area contributed by atoms with Crippen LogP contribution < -0.4 is 10.5 Å². The third kappa shape index (κ3) is 1.40. The van der Waals surface area contributed by atoms with Crippen LogP contribution in [0.4, 0.5) is 0 Å². The maximum Gasteiger partial charge on any atom is 0.122 e. The van der Waals surface area contributed by atoms with Crippen LogP contribution in [0.5, 0.6) is 5.75 Å². The minimum absolute atomic E-state index is 0.203. The Hall–Kier alpha value is -1.02. The standard InChI is InChI=1S/C12H17NO/c1-8-11(14-2)7-6-9-4-3-5-10(13)12(8)9/h6-7,10H,3-5,13H2,1-2H3. The minimum atomic E-state index is 0.203. The second-order valence-electron chi connectivity index (χ2n) is 3.96. The Bertz CT molecular complexity index is 346. The van der Waals surface area contributed by atoms with Crippen molar-refractivity contribution in [3.8, 4) is 5.75 Å². The lowest BCUT2D eigenvalue weighted by molar-refractivity contribution is 0.409. The Morgan fingerprint density at radius 2 is 2.21 bits per heavy atom. The summed E-state index contributed by atoms with van der Waals surface area (Å²) < 4.78 is 5.30. The van der Waals surface area contributed by atoms with Crippen molar-refractivity contribution in [2.75, 3.05) is 7.11 Å². The van der Waals surface area contributed by atoms with Crippen LogP contribution >= 0.6 is 0 Å². The number of methoxy groups -OCH3 is 1. The number of aryl methyl sites for hydroxylation is 1. The largest absolute Gasteiger partial charge is 0.496 e. The van der Waals surface area contributed by atoms with Crippen LogP contribution in [0.2, 0.25) is 0 Å². The van der Waals surface area contributed by atoms with E-state index in [4.69, 9.17) is 10.5 Å². The highest BCUT2D eigenvalue weighted by atomic mass is 16.5. The van der Waals surface area contributed by atoms with E-state index in [0.717, 1.165) is 18.6 Å². The fourth-order valence-corrected chi connectivity index (χ4v) is 2.38. The van der Waals surface area contributed by atoms with Gasteiger partial charge in [-0.25, -0.2) is 0 Å². The maximum absolute atomic E-state index is 6.12. The Kier molecular flexibility index (Phi) is 2.46. The zero-order valence-corrected chi connectivity index (χ0v) is 8.84. The Balaban J connectivity index is 2.54. The number of benzene rings is 1. The number of rotatable bonds is 1. The van der Waals surface area contributed by atoms with Gasteiger partial charge < -0.3 is 10.5 Å². The van der Waals surface area contributed by atoms with Crippen molar-refractivity contribution >= 4 is 0 Å². The quantitative estimate of drug-likeness (QED) is 0.739. The first-order valence-corrected chi connectivity index (χ1v) is 5.16. The second-order valence-corrected chi connectivity index (χ2v) is 3.96. The SMILES string of the molecule is COc1ccc2c(c1C)C(N)CCC2. The van der Waals surface area contributed by atoms with E-state index in [-0.39, 0.29) is 6.04 Å². The van der Waals surface area contributed by atoms with Gasteiger partial charge >= 0.3 is 0 Å². The van der Waals surface area contributed by atoms with Crippen LogP contribution in [0, 0.1) is 6.92 Å². The lowest BCUT2D eigenvalue weighted by Crippen LogP contribution is -2.19. The molecule has 2 heteroatoms. The van der Waals surface area contributed by atoms with E-state index in [1.807, 2.05) is 6.07 Å². The molecule has 0 spiro atoms. The van der Waals surface area contributed by atoms with Gasteiger partial charge in [0.1, 0.15) is 5.75 Å². The Labute approximate surface area is 85.1 Å². The summed E-state index contributed by atoms with van der Waals surface area (Å²) in [5, 5.41) is 0. The number of hydrogen-bond donors (Lipinski definition) is 1. The predicted octanol–water partition coefficient (Wildman–Crippen LogP) is 2.34. The fraction of sp³-hybridized carbons (Fsp3) is 0.500. The molecule has 0 radical (unpaired) electrons. The van der Waals surface area contributed by atoms with Gasteiger partial charge in [0, 0.05) is 6.04 Å². The molecule has 1 unspecified atom stereocenters. The van der Waals surface area contributed by atoms with Gasteiger partial charge in [-0.05, 0) is 48.9 Å². The second kappa shape index (κ2) is 3.62. The van der Waals surface area contributed by atoms with E-state index in [9.17, 15) is 0 Å². The molecule has 1 aromatic rings. The van der Waals surface area contributed by atoms with Gasteiger partial charge in [0.25, 0.3) is 0 Å². The van der Waals surface area contributed by atoms with Gasteiger partial charge in [0.05, 0.1) is 7.11 Å². The van der Waals surface area contributed by atoms with Crippen LogP contribution in [0.25, 0.3) is 0 Å². The highest BCUT2D eigenvalue weighted by molar-refractivity contribution is 5.46. The molecule has 76 valence electrons. The van der Waals surface area contributed by atoms with E-state index >= 15 is 0 Å². The third-order valence-electron chi connectivity index (χ3n) is 3.11. The number of fused-ring (bicyclic) bond motifs is 1. The summed E-state index contributed by atoms with van der Waals surface area (Å²) in [6.07, 6.45) is 3.47. The molecule has 0 bridgehead atoms. The lowest BCUT2D eigenvalue weighted by atomic mass is 9.85. The minimum Gasteiger partial charge on any atom is -0.496 e. The van der Waals surface area contributed by atoms with Crippen molar-refractivity contribution in [2.24, 2.45) is 5.73 Å². The van der Waals surface area contributed by atoms with Gasteiger partial charge in [0.2, 0.25) is 0 Å². The maximum atomic E-state index is 6.12. The van der Waals surface area contributed by atoms with Crippen LogP contribution in [-0.4, -0.2) is 7.11 Å². The van der Waals surface area contributed by atoms with Gasteiger partial charge in [-0.15, -0.1) is 0 Å². The van der Waals surface area contributed by atoms with E-state index in [2.05, 4.69) is 13.0 Å². The molecule has 2 rings (SSSR count). The lowest BCUT2D eigenvalue weighted by Gasteiger charge is -2.25. The Morgan fingerprint density at radius 1 is 1.43 bits per heavy atom. The summed E-state index contributed by atoms with van der Waals surface area (Å²) in [7, 11) is 1.71. The molecule has 1 aliphatic carbocycles. The van der Waals surface area contributed by atoms with Crippen molar-refractivity contribution in [1.29, 1.82) is 0 Å². The third-order valence-corrected chi connectivity index (χ3v) is 3.11. The van der Waals surface area contributed by atoms with Crippen LogP contribution in [0.15, 0.2) is 12.1 Å². The highest BCUT2D eigenvalue weighted by Crippen LogP contribution is 2.34. The van der Waals surface area contributed by atoms with E-state index in [1.165, 1.54) is 23.1 Å². The molecule has 2 nitrogen and oxygen atoms in total. The van der Waals surface area contributed by atoms with Crippen LogP contribution in [0.3, 0.4) is 0 Å². The summed E-state index contributed by atoms with van der Waals surface area (Å²) in [6, 6.07) is 4.40. The topological polar surface area (TPSA) is 35.2 Å². The van der Waals surface area contributed by atoms with Crippen LogP contribution in [-0.2, 0) is 6.42 Å². The summed E-state index contributed by atoms with van der Waals surface area (Å²) in [4.78, 5) is 0. The molecular formula is C12H17NO. The molecule has 1 aromatic carbocycles. The summed E-state index contributed by atoms with van der Waals surface area (Å²) in [5.41, 5.74) is 10.1. The molecule has 0 amide bonds. The molecule has 0 saturated heterocycles. The van der Waals surface area contributed by atoms with E-state index in [1.54, 1.807) is 7.11 Å². The van der Waals surface area contributed by atoms with Gasteiger partial charge in [0.15, 0.2) is 0 Å². The molecule has 2 N–H and O–H groups in total. The molecule has 0 aromatic heterocycles. The van der Waals surface area contributed by atoms with Crippen molar-refractivity contribution < 1.29 is 4.74 Å². The van der Waals surface area contributed by atoms with Crippen molar-refractivity contribution in [2.45, 2.75) is 32.2 Å². The summed E-state index contributed by atoms with van der Waals surface area (Å²) >= 11 is 0. The summed E-state index contributed by atoms with van der Waals surface area (Å²) in [6.45, 7) is 2.10. The normalized spacial score (nSPS) is 20.4. The average Bonchev–Trinajstić information content (AvgIpc) is 2.18. The first-order valence-electron chi connectivity index (χ1n) is 5.16. The molecule has 0 saturated carbocycles. The molecular weight excluding hydrogens is 174 g/mol. The molecule has 0 aliphatic heterocycles. The van der Waals surface area contributed by atoms with Crippen LogP contribution in [0.1, 0.15) is 35.6 Å². The predicted molar refractivity (Wildman–Crippen MR) is 57.6 cm³/mol. The fourth-order valence-electron chi connectivity index (χ4n) is 2.38. The average molecular weight is 191 g/mol. The molecule has 1 atom stereocenters. The monoisotopic (exact) mass is 191 g/mol. The van der Waals surface area contributed by atoms with Gasteiger partial charge in [-0.3, -0.25) is 0 Å². The van der Waals surface area contributed by atoms with E-state index in [0.29, 0.717) is 0 Å². The van der Waals surface area contributed by atoms with Crippen molar-refractivity contribution in [1.82, 2.24) is 0 Å². The first-order chi connectivity index (χ1) is 6.74. The number of nitrogens with two attached hydrogens (primary N) is 1. The number of ether oxygens (including phenoxy) is 1. The van der Waals surface area contributed by atoms with Crippen molar-refractivity contribution in [3.63, 3.8) is 0 Å². The first kappa shape index (κ1) is 9.53. The van der Waals surface area contributed by atoms with E-state index < -0.39 is 0 Å². The van der Waals surface area contributed by atoms with Crippen molar-refractivity contribution in [3.05, 3.63) is 28.8 Å². The smallest absolute Gasteiger partial charge is 0.122 e. The number of hydrogen-bond acceptors (Lipinski definition) is 2. The molecule has 14 heavy (non-hydrogen) atoms. The zero-order chi connectivity index (χ0) is 10.1. The summed E-state index contributed by atoms with van der Waals surface area (Å²) in [5.74, 6) is 0.959. The molecule has 0 fully saturated rings. The van der Waals surface area contributed by atoms with Gasteiger partial charge in [-0.2, -0.15) is 0 Å². The Morgan fingerprint density at radius 3 is 2.93 bits per heavy atom. The molecule has 0 heterocycles.